The zero-order chi connectivity index (χ0) is 20.8. The molecule has 0 saturated heterocycles. The fourth-order valence-electron chi connectivity index (χ4n) is 2.56. The second-order valence-corrected chi connectivity index (χ2v) is 8.34. The first kappa shape index (κ1) is 21.1. The Balaban J connectivity index is 1.67. The van der Waals surface area contributed by atoms with E-state index in [-0.39, 0.29) is 11.7 Å². The van der Waals surface area contributed by atoms with E-state index >= 15 is 0 Å². The minimum atomic E-state index is -0.212. The Morgan fingerprint density at radius 2 is 2.07 bits per heavy atom. The number of nitrogens with one attached hydrogen (secondary N) is 1. The second-order valence-electron chi connectivity index (χ2n) is 6.48. The van der Waals surface area contributed by atoms with Crippen LogP contribution in [0.25, 0.3) is 11.4 Å². The number of carbonyl (C=O) groups is 1. The standard InChI is InChI=1S/C20H21BrN6OS/c1-14(2)12-27-19(15-6-8-16(21)9-7-15)24-25-20(27)29-13-18(28)23-22-11-17-5-4-10-26(17)3/h4-11H,1,12-13H2,2-3H3,(H,23,28). The van der Waals surface area contributed by atoms with Gasteiger partial charge in [-0.1, -0.05) is 52.0 Å². The van der Waals surface area contributed by atoms with Crippen molar-refractivity contribution in [3.05, 3.63) is 64.9 Å². The van der Waals surface area contributed by atoms with Gasteiger partial charge in [0.05, 0.1) is 17.7 Å². The highest BCUT2D eigenvalue weighted by molar-refractivity contribution is 9.10. The van der Waals surface area contributed by atoms with Crippen molar-refractivity contribution in [2.75, 3.05) is 5.75 Å². The third-order valence-corrected chi connectivity index (χ3v) is 5.45. The molecule has 0 bridgehead atoms. The van der Waals surface area contributed by atoms with Crippen LogP contribution >= 0.6 is 27.7 Å². The number of allylic oxidation sites excluding steroid dienone is 1. The summed E-state index contributed by atoms with van der Waals surface area (Å²) in [7, 11) is 1.91. The summed E-state index contributed by atoms with van der Waals surface area (Å²) >= 11 is 4.76. The van der Waals surface area contributed by atoms with Crippen molar-refractivity contribution in [1.82, 2.24) is 24.8 Å². The summed E-state index contributed by atoms with van der Waals surface area (Å²) in [5, 5.41) is 13.3. The average Bonchev–Trinajstić information content (AvgIpc) is 3.27. The smallest absolute Gasteiger partial charge is 0.250 e. The van der Waals surface area contributed by atoms with E-state index in [2.05, 4.69) is 43.2 Å². The van der Waals surface area contributed by atoms with Crippen molar-refractivity contribution in [3.63, 3.8) is 0 Å². The van der Waals surface area contributed by atoms with Gasteiger partial charge in [-0.25, -0.2) is 5.43 Å². The van der Waals surface area contributed by atoms with Crippen LogP contribution in [-0.2, 0) is 18.4 Å². The summed E-state index contributed by atoms with van der Waals surface area (Å²) in [5.74, 6) is 0.708. The molecule has 3 rings (SSSR count). The molecule has 9 heteroatoms. The molecule has 0 spiro atoms. The van der Waals surface area contributed by atoms with Gasteiger partial charge in [0.2, 0.25) is 0 Å². The van der Waals surface area contributed by atoms with E-state index < -0.39 is 0 Å². The first-order valence-corrected chi connectivity index (χ1v) is 10.6. The van der Waals surface area contributed by atoms with E-state index in [1.54, 1.807) is 6.21 Å². The fourth-order valence-corrected chi connectivity index (χ4v) is 3.56. The number of thioether (sulfide) groups is 1. The van der Waals surface area contributed by atoms with Gasteiger partial charge >= 0.3 is 0 Å². The number of halogens is 1. The molecule has 0 aliphatic heterocycles. The summed E-state index contributed by atoms with van der Waals surface area (Å²) in [6.07, 6.45) is 3.52. The Hall–Kier alpha value is -2.65. The van der Waals surface area contributed by atoms with Crippen molar-refractivity contribution in [1.29, 1.82) is 0 Å². The lowest BCUT2D eigenvalue weighted by atomic mass is 10.2. The zero-order valence-electron chi connectivity index (χ0n) is 16.2. The van der Waals surface area contributed by atoms with E-state index in [1.165, 1.54) is 11.8 Å². The topological polar surface area (TPSA) is 77.1 Å². The van der Waals surface area contributed by atoms with Gasteiger partial charge in [0, 0.05) is 29.8 Å². The number of hydrazone groups is 1. The molecule has 3 aromatic rings. The van der Waals surface area contributed by atoms with Crippen molar-refractivity contribution in [2.24, 2.45) is 12.1 Å². The van der Waals surface area contributed by atoms with E-state index in [1.807, 2.05) is 65.7 Å². The van der Waals surface area contributed by atoms with E-state index in [9.17, 15) is 4.79 Å². The molecule has 0 radical (unpaired) electrons. The molecule has 1 aromatic carbocycles. The van der Waals surface area contributed by atoms with Gasteiger partial charge in [0.25, 0.3) is 5.91 Å². The van der Waals surface area contributed by atoms with Crippen LogP contribution in [0.3, 0.4) is 0 Å². The maximum absolute atomic E-state index is 12.1. The maximum atomic E-state index is 12.1. The Bertz CT molecular complexity index is 1040. The van der Waals surface area contributed by atoms with Gasteiger partial charge < -0.3 is 4.57 Å². The zero-order valence-corrected chi connectivity index (χ0v) is 18.6. The van der Waals surface area contributed by atoms with Gasteiger partial charge in [0.15, 0.2) is 11.0 Å². The normalized spacial score (nSPS) is 11.1. The number of aryl methyl sites for hydroxylation is 1. The van der Waals surface area contributed by atoms with Crippen LogP contribution in [0.4, 0.5) is 0 Å². The Labute approximate surface area is 182 Å². The monoisotopic (exact) mass is 472 g/mol. The molecule has 1 N–H and O–H groups in total. The molecule has 150 valence electrons. The molecular weight excluding hydrogens is 452 g/mol. The van der Waals surface area contributed by atoms with Crippen molar-refractivity contribution >= 4 is 39.8 Å². The average molecular weight is 473 g/mol. The molecule has 2 heterocycles. The number of aromatic nitrogens is 4. The van der Waals surface area contributed by atoms with Crippen LogP contribution in [0.15, 0.2) is 69.5 Å². The molecular formula is C20H21BrN6OS. The van der Waals surface area contributed by atoms with E-state index in [0.717, 1.165) is 27.1 Å². The van der Waals surface area contributed by atoms with Gasteiger partial charge in [-0.2, -0.15) is 5.10 Å². The molecule has 2 aromatic heterocycles. The summed E-state index contributed by atoms with van der Waals surface area (Å²) < 4.78 is 4.87. The predicted octanol–water partition coefficient (Wildman–Crippen LogP) is 3.86. The van der Waals surface area contributed by atoms with Crippen LogP contribution < -0.4 is 5.43 Å². The van der Waals surface area contributed by atoms with Crippen molar-refractivity contribution in [3.8, 4) is 11.4 Å². The fraction of sp³-hybridized carbons (Fsp3) is 0.200. The summed E-state index contributed by atoms with van der Waals surface area (Å²) in [6, 6.07) is 11.7. The van der Waals surface area contributed by atoms with Gasteiger partial charge in [-0.3, -0.25) is 9.36 Å². The molecule has 0 saturated carbocycles. The Morgan fingerprint density at radius 1 is 1.31 bits per heavy atom. The molecule has 0 aliphatic carbocycles. The summed E-state index contributed by atoms with van der Waals surface area (Å²) in [4.78, 5) is 12.1. The number of amides is 1. The predicted molar refractivity (Wildman–Crippen MR) is 120 cm³/mol. The number of hydrogen-bond donors (Lipinski definition) is 1. The minimum Gasteiger partial charge on any atom is -0.350 e. The lowest BCUT2D eigenvalue weighted by molar-refractivity contribution is -0.118. The number of rotatable bonds is 8. The number of carbonyl (C=O) groups excluding carboxylic acids is 1. The van der Waals surface area contributed by atoms with Crippen LogP contribution in [0, 0.1) is 0 Å². The van der Waals surface area contributed by atoms with Crippen LogP contribution in [-0.4, -0.2) is 37.2 Å². The molecule has 0 unspecified atom stereocenters. The van der Waals surface area contributed by atoms with Crippen molar-refractivity contribution < 1.29 is 4.79 Å². The highest BCUT2D eigenvalue weighted by Gasteiger charge is 2.15. The molecule has 0 fully saturated rings. The van der Waals surface area contributed by atoms with Crippen LogP contribution in [0.2, 0.25) is 0 Å². The van der Waals surface area contributed by atoms with E-state index in [4.69, 9.17) is 0 Å². The molecule has 29 heavy (non-hydrogen) atoms. The van der Waals surface area contributed by atoms with Gasteiger partial charge in [0.1, 0.15) is 0 Å². The van der Waals surface area contributed by atoms with Crippen molar-refractivity contribution in [2.45, 2.75) is 18.6 Å². The lowest BCUT2D eigenvalue weighted by Crippen LogP contribution is -2.20. The quantitative estimate of drug-likeness (QED) is 0.233. The Kier molecular flexibility index (Phi) is 7.05. The number of nitrogens with zero attached hydrogens (tertiary/aromatic N) is 5. The van der Waals surface area contributed by atoms with E-state index in [0.29, 0.717) is 11.7 Å². The third kappa shape index (κ3) is 5.68. The Morgan fingerprint density at radius 3 is 2.72 bits per heavy atom. The maximum Gasteiger partial charge on any atom is 0.250 e. The molecule has 1 amide bonds. The molecule has 0 aliphatic rings. The highest BCUT2D eigenvalue weighted by Crippen LogP contribution is 2.26. The highest BCUT2D eigenvalue weighted by atomic mass is 79.9. The lowest BCUT2D eigenvalue weighted by Gasteiger charge is -2.10. The van der Waals surface area contributed by atoms with Crippen LogP contribution in [0.5, 0.6) is 0 Å². The first-order valence-electron chi connectivity index (χ1n) is 8.83. The largest absolute Gasteiger partial charge is 0.350 e. The van der Waals surface area contributed by atoms with Gasteiger partial charge in [-0.15, -0.1) is 10.2 Å². The number of benzene rings is 1. The summed E-state index contributed by atoms with van der Waals surface area (Å²) in [5.41, 5.74) is 5.36. The SMILES string of the molecule is C=C(C)Cn1c(SCC(=O)NN=Cc2cccn2C)nnc1-c1ccc(Br)cc1. The van der Waals surface area contributed by atoms with Gasteiger partial charge in [-0.05, 0) is 31.2 Å². The first-order chi connectivity index (χ1) is 13.9. The number of hydrogen-bond acceptors (Lipinski definition) is 5. The second kappa shape index (κ2) is 9.71. The minimum absolute atomic E-state index is 0.180. The third-order valence-electron chi connectivity index (χ3n) is 3.95. The summed E-state index contributed by atoms with van der Waals surface area (Å²) in [6.45, 7) is 6.52. The molecule has 7 nitrogen and oxygen atoms in total. The van der Waals surface area contributed by atoms with Crippen LogP contribution in [0.1, 0.15) is 12.6 Å². The molecule has 0 atom stereocenters.